The van der Waals surface area contributed by atoms with Gasteiger partial charge >= 0.3 is 0 Å². The molecule has 0 aromatic heterocycles. The van der Waals surface area contributed by atoms with Crippen molar-refractivity contribution < 1.29 is 14.7 Å². The number of unbranched alkanes of at least 4 members (excludes halogenated alkanes) is 1. The summed E-state index contributed by atoms with van der Waals surface area (Å²) in [5.74, 6) is 0.334. The Morgan fingerprint density at radius 2 is 1.91 bits per heavy atom. The van der Waals surface area contributed by atoms with Crippen LogP contribution in [0.15, 0.2) is 24.3 Å². The van der Waals surface area contributed by atoms with Crippen molar-refractivity contribution in [2.24, 2.45) is 5.92 Å². The molecule has 0 bridgehead atoms. The summed E-state index contributed by atoms with van der Waals surface area (Å²) >= 11 is 12.0. The van der Waals surface area contributed by atoms with Gasteiger partial charge in [-0.3, -0.25) is 9.59 Å². The number of nitrogens with zero attached hydrogens (tertiary/aromatic N) is 3. The van der Waals surface area contributed by atoms with Gasteiger partial charge in [-0.1, -0.05) is 36.2 Å². The molecule has 6 nitrogen and oxygen atoms in total. The van der Waals surface area contributed by atoms with Crippen LogP contribution in [0.4, 0.5) is 0 Å². The van der Waals surface area contributed by atoms with Crippen LogP contribution in [0.1, 0.15) is 38.2 Å². The topological polar surface area (TPSA) is 64.1 Å². The lowest BCUT2D eigenvalue weighted by Gasteiger charge is -2.34. The second-order valence-electron chi connectivity index (χ2n) is 8.80. The van der Waals surface area contributed by atoms with Crippen molar-refractivity contribution in [3.05, 3.63) is 39.9 Å². The molecule has 1 aromatic carbocycles. The molecule has 0 radical (unpaired) electrons. The van der Waals surface area contributed by atoms with Gasteiger partial charge in [0.25, 0.3) is 0 Å². The quantitative estimate of drug-likeness (QED) is 0.477. The predicted octanol–water partition coefficient (Wildman–Crippen LogP) is 3.55. The van der Waals surface area contributed by atoms with Gasteiger partial charge in [-0.25, -0.2) is 0 Å². The molecule has 2 fully saturated rings. The van der Waals surface area contributed by atoms with Crippen molar-refractivity contribution in [2.45, 2.75) is 38.7 Å². The minimum absolute atomic E-state index is 0.105. The molecule has 0 spiro atoms. The molecule has 32 heavy (non-hydrogen) atoms. The number of piperidine rings is 1. The lowest BCUT2D eigenvalue weighted by molar-refractivity contribution is -0.130. The summed E-state index contributed by atoms with van der Waals surface area (Å²) < 4.78 is 0. The van der Waals surface area contributed by atoms with Crippen molar-refractivity contribution in [2.75, 3.05) is 45.8 Å². The van der Waals surface area contributed by atoms with Gasteiger partial charge in [-0.05, 0) is 55.5 Å². The van der Waals surface area contributed by atoms with E-state index in [2.05, 4.69) is 11.8 Å². The van der Waals surface area contributed by atoms with Crippen molar-refractivity contribution in [1.82, 2.24) is 14.7 Å². The van der Waals surface area contributed by atoms with Crippen LogP contribution in [0.25, 0.3) is 6.08 Å². The molecule has 8 heteroatoms. The molecule has 2 aliphatic heterocycles. The summed E-state index contributed by atoms with van der Waals surface area (Å²) in [6.45, 7) is 7.26. The number of benzene rings is 1. The number of amides is 2. The summed E-state index contributed by atoms with van der Waals surface area (Å²) in [4.78, 5) is 31.1. The van der Waals surface area contributed by atoms with Gasteiger partial charge in [0.2, 0.25) is 11.8 Å². The van der Waals surface area contributed by atoms with Crippen LogP contribution < -0.4 is 0 Å². The Bertz CT molecular complexity index is 833. The van der Waals surface area contributed by atoms with Crippen LogP contribution in [-0.2, 0) is 9.59 Å². The standard InChI is InChI=1S/C24H33Cl2N3O3/c1-18-17-27(12-8-22(18)30)10-2-3-11-28-14-15-29(13-9-24(28)32)23(31)7-5-19-4-6-20(25)21(26)16-19/h4-7,16,18,22,30H,2-3,8-15,17H2,1H3/t18-,22+/m0/s1. The third-order valence-electron chi connectivity index (χ3n) is 6.36. The van der Waals surface area contributed by atoms with Crippen LogP contribution in [0.2, 0.25) is 10.0 Å². The summed E-state index contributed by atoms with van der Waals surface area (Å²) in [5.41, 5.74) is 0.804. The molecule has 2 saturated heterocycles. The predicted molar refractivity (Wildman–Crippen MR) is 129 cm³/mol. The fourth-order valence-corrected chi connectivity index (χ4v) is 4.58. The van der Waals surface area contributed by atoms with E-state index in [1.165, 1.54) is 6.08 Å². The molecular formula is C24H33Cl2N3O3. The van der Waals surface area contributed by atoms with Gasteiger partial charge in [0, 0.05) is 51.8 Å². The smallest absolute Gasteiger partial charge is 0.246 e. The fraction of sp³-hybridized carbons (Fsp3) is 0.583. The molecule has 0 aliphatic carbocycles. The Labute approximate surface area is 200 Å². The highest BCUT2D eigenvalue weighted by atomic mass is 35.5. The van der Waals surface area contributed by atoms with Gasteiger partial charge in [0.05, 0.1) is 16.1 Å². The van der Waals surface area contributed by atoms with E-state index in [1.54, 1.807) is 29.2 Å². The van der Waals surface area contributed by atoms with Crippen molar-refractivity contribution in [3.63, 3.8) is 0 Å². The number of aliphatic hydroxyl groups excluding tert-OH is 1. The largest absolute Gasteiger partial charge is 0.393 e. The lowest BCUT2D eigenvalue weighted by atomic mass is 9.96. The average molecular weight is 482 g/mol. The third-order valence-corrected chi connectivity index (χ3v) is 7.10. The Balaban J connectivity index is 1.41. The molecule has 1 N–H and O–H groups in total. The highest BCUT2D eigenvalue weighted by Crippen LogP contribution is 2.23. The van der Waals surface area contributed by atoms with Crippen LogP contribution in [0, 0.1) is 5.92 Å². The maximum absolute atomic E-state index is 12.6. The Hall–Kier alpha value is -1.60. The first-order valence-corrected chi connectivity index (χ1v) is 12.2. The number of carbonyl (C=O) groups excluding carboxylic acids is 2. The number of carbonyl (C=O) groups is 2. The molecule has 2 heterocycles. The first kappa shape index (κ1) is 25.0. The number of likely N-dealkylation sites (tertiary alicyclic amines) is 1. The minimum atomic E-state index is -0.175. The highest BCUT2D eigenvalue weighted by molar-refractivity contribution is 6.42. The van der Waals surface area contributed by atoms with Crippen molar-refractivity contribution in [3.8, 4) is 0 Å². The zero-order chi connectivity index (χ0) is 23.1. The second-order valence-corrected chi connectivity index (χ2v) is 9.62. The monoisotopic (exact) mass is 481 g/mol. The molecule has 1 aromatic rings. The molecule has 176 valence electrons. The Morgan fingerprint density at radius 1 is 1.12 bits per heavy atom. The minimum Gasteiger partial charge on any atom is -0.393 e. The average Bonchev–Trinajstić information content (AvgIpc) is 2.96. The second kappa shape index (κ2) is 12.0. The summed E-state index contributed by atoms with van der Waals surface area (Å²) in [5, 5.41) is 10.8. The fourth-order valence-electron chi connectivity index (χ4n) is 4.27. The van der Waals surface area contributed by atoms with Crippen LogP contribution >= 0.6 is 23.2 Å². The molecule has 2 amide bonds. The molecule has 0 saturated carbocycles. The SMILES string of the molecule is C[C@H]1CN(CCCCN2CCN(C(=O)C=Cc3ccc(Cl)c(Cl)c3)CCC2=O)CC[C@H]1O. The van der Waals surface area contributed by atoms with Crippen LogP contribution in [-0.4, -0.2) is 83.5 Å². The van der Waals surface area contributed by atoms with E-state index in [0.717, 1.165) is 51.0 Å². The van der Waals surface area contributed by atoms with E-state index in [0.29, 0.717) is 42.0 Å². The van der Waals surface area contributed by atoms with Gasteiger partial charge in [-0.15, -0.1) is 0 Å². The number of rotatable bonds is 7. The lowest BCUT2D eigenvalue weighted by Crippen LogP contribution is -2.42. The highest BCUT2D eigenvalue weighted by Gasteiger charge is 2.24. The number of aliphatic hydroxyl groups is 1. The maximum Gasteiger partial charge on any atom is 0.246 e. The van der Waals surface area contributed by atoms with Gasteiger partial charge < -0.3 is 19.8 Å². The number of halogens is 2. The van der Waals surface area contributed by atoms with E-state index in [-0.39, 0.29) is 17.9 Å². The van der Waals surface area contributed by atoms with E-state index in [1.807, 2.05) is 4.90 Å². The van der Waals surface area contributed by atoms with Gasteiger partial charge in [0.1, 0.15) is 0 Å². The van der Waals surface area contributed by atoms with Crippen molar-refractivity contribution in [1.29, 1.82) is 0 Å². The third kappa shape index (κ3) is 7.20. The Kier molecular flexibility index (Phi) is 9.41. The molecule has 0 unspecified atom stereocenters. The van der Waals surface area contributed by atoms with Gasteiger partial charge in [0.15, 0.2) is 0 Å². The van der Waals surface area contributed by atoms with Crippen LogP contribution in [0.5, 0.6) is 0 Å². The maximum atomic E-state index is 12.6. The molecule has 3 rings (SSSR count). The van der Waals surface area contributed by atoms with E-state index >= 15 is 0 Å². The zero-order valence-corrected chi connectivity index (χ0v) is 20.2. The number of hydrogen-bond donors (Lipinski definition) is 1. The van der Waals surface area contributed by atoms with E-state index < -0.39 is 0 Å². The first-order chi connectivity index (χ1) is 15.3. The number of hydrogen-bond acceptors (Lipinski definition) is 4. The molecular weight excluding hydrogens is 449 g/mol. The zero-order valence-electron chi connectivity index (χ0n) is 18.7. The van der Waals surface area contributed by atoms with Gasteiger partial charge in [-0.2, -0.15) is 0 Å². The Morgan fingerprint density at radius 3 is 2.66 bits per heavy atom. The summed E-state index contributed by atoms with van der Waals surface area (Å²) in [7, 11) is 0. The first-order valence-electron chi connectivity index (χ1n) is 11.4. The normalized spacial score (nSPS) is 23.1. The summed E-state index contributed by atoms with van der Waals surface area (Å²) in [6, 6.07) is 5.22. The van der Waals surface area contributed by atoms with E-state index in [9.17, 15) is 14.7 Å². The molecule has 2 atom stereocenters. The van der Waals surface area contributed by atoms with E-state index in [4.69, 9.17) is 23.2 Å². The summed E-state index contributed by atoms with van der Waals surface area (Å²) in [6.07, 6.45) is 6.24. The van der Waals surface area contributed by atoms with Crippen LogP contribution in [0.3, 0.4) is 0 Å². The molecule has 2 aliphatic rings. The van der Waals surface area contributed by atoms with Crippen molar-refractivity contribution >= 4 is 41.1 Å².